The number of Topliss-reactive ketones (excluding diaryl/α,β-unsaturated/α-hetero) is 1. The summed E-state index contributed by atoms with van der Waals surface area (Å²) in [7, 11) is 0. The summed E-state index contributed by atoms with van der Waals surface area (Å²) in [6.07, 6.45) is 0. The van der Waals surface area contributed by atoms with Crippen LogP contribution in [0.1, 0.15) is 22.7 Å². The molecule has 1 heterocycles. The van der Waals surface area contributed by atoms with Crippen molar-refractivity contribution in [2.24, 2.45) is 0 Å². The molecule has 5 nitrogen and oxygen atoms in total. The number of ketones is 1. The number of nitrogens with zero attached hydrogens (tertiary/aromatic N) is 1. The maximum atomic E-state index is 13.0. The molecule has 0 aromatic heterocycles. The number of amides is 1. The van der Waals surface area contributed by atoms with Crippen LogP contribution in [-0.4, -0.2) is 21.9 Å². The van der Waals surface area contributed by atoms with E-state index in [1.54, 1.807) is 36.4 Å². The van der Waals surface area contributed by atoms with E-state index in [0.29, 0.717) is 16.8 Å². The first kappa shape index (κ1) is 19.9. The van der Waals surface area contributed by atoms with Gasteiger partial charge in [-0.05, 0) is 48.9 Å². The first-order valence-corrected chi connectivity index (χ1v) is 10.1. The van der Waals surface area contributed by atoms with Crippen molar-refractivity contribution in [2.45, 2.75) is 13.0 Å². The van der Waals surface area contributed by atoms with E-state index in [-0.39, 0.29) is 17.1 Å². The molecule has 1 fully saturated rings. The number of carbonyl (C=O) groups is 2. The molecule has 1 atom stereocenters. The maximum absolute atomic E-state index is 13.0. The fourth-order valence-corrected chi connectivity index (χ4v) is 3.80. The van der Waals surface area contributed by atoms with Gasteiger partial charge >= 0.3 is 0 Å². The number of phenolic OH excluding ortho intramolecular Hbond substituents is 1. The number of aromatic hydroxyl groups is 1. The molecule has 1 saturated heterocycles. The smallest absolute Gasteiger partial charge is 0.300 e. The van der Waals surface area contributed by atoms with Crippen LogP contribution in [0, 0.1) is 6.92 Å². The monoisotopic (exact) mass is 463 g/mol. The van der Waals surface area contributed by atoms with Crippen molar-refractivity contribution in [1.29, 1.82) is 0 Å². The number of rotatable bonds is 3. The third kappa shape index (κ3) is 3.50. The lowest BCUT2D eigenvalue weighted by Gasteiger charge is -2.25. The van der Waals surface area contributed by atoms with Crippen molar-refractivity contribution >= 4 is 39.1 Å². The van der Waals surface area contributed by atoms with Crippen LogP contribution < -0.4 is 4.90 Å². The van der Waals surface area contributed by atoms with E-state index in [9.17, 15) is 19.8 Å². The number of hydrogen-bond donors (Lipinski definition) is 2. The molecule has 1 amide bonds. The van der Waals surface area contributed by atoms with Crippen LogP contribution in [-0.2, 0) is 9.59 Å². The third-order valence-corrected chi connectivity index (χ3v) is 5.61. The lowest BCUT2D eigenvalue weighted by molar-refractivity contribution is -0.132. The number of phenols is 1. The number of carbonyl (C=O) groups excluding carboxylic acids is 2. The van der Waals surface area contributed by atoms with E-state index < -0.39 is 17.7 Å². The van der Waals surface area contributed by atoms with Gasteiger partial charge in [-0.3, -0.25) is 14.5 Å². The molecule has 0 unspecified atom stereocenters. The van der Waals surface area contributed by atoms with Crippen LogP contribution in [0.15, 0.2) is 82.8 Å². The average Bonchev–Trinajstić information content (AvgIpc) is 3.00. The van der Waals surface area contributed by atoms with Gasteiger partial charge in [-0.2, -0.15) is 0 Å². The van der Waals surface area contributed by atoms with Crippen LogP contribution in [0.4, 0.5) is 5.69 Å². The van der Waals surface area contributed by atoms with Gasteiger partial charge in [0, 0.05) is 15.7 Å². The fourth-order valence-electron chi connectivity index (χ4n) is 3.54. The van der Waals surface area contributed by atoms with Crippen LogP contribution >= 0.6 is 15.9 Å². The number of anilines is 1. The van der Waals surface area contributed by atoms with E-state index in [1.165, 1.54) is 17.0 Å². The van der Waals surface area contributed by atoms with Crippen molar-refractivity contribution in [3.05, 3.63) is 99.5 Å². The Morgan fingerprint density at radius 3 is 2.10 bits per heavy atom. The van der Waals surface area contributed by atoms with E-state index >= 15 is 0 Å². The first-order valence-electron chi connectivity index (χ1n) is 9.29. The number of aryl methyl sites for hydroxylation is 1. The highest BCUT2D eigenvalue weighted by Gasteiger charge is 2.46. The van der Waals surface area contributed by atoms with Gasteiger partial charge in [0.2, 0.25) is 0 Å². The normalized spacial score (nSPS) is 18.1. The third-order valence-electron chi connectivity index (χ3n) is 5.08. The van der Waals surface area contributed by atoms with Crippen LogP contribution in [0.2, 0.25) is 0 Å². The molecule has 30 heavy (non-hydrogen) atoms. The highest BCUT2D eigenvalue weighted by atomic mass is 79.9. The predicted octanol–water partition coefficient (Wildman–Crippen LogP) is 5.09. The minimum atomic E-state index is -0.802. The van der Waals surface area contributed by atoms with Crippen molar-refractivity contribution in [2.75, 3.05) is 4.90 Å². The molecule has 3 aromatic rings. The quantitative estimate of drug-likeness (QED) is 0.322. The molecule has 1 aliphatic heterocycles. The van der Waals surface area contributed by atoms with E-state index in [2.05, 4.69) is 15.9 Å². The number of benzene rings is 3. The summed E-state index contributed by atoms with van der Waals surface area (Å²) < 4.78 is 0.853. The molecule has 150 valence electrons. The second kappa shape index (κ2) is 7.80. The lowest BCUT2D eigenvalue weighted by Crippen LogP contribution is -2.29. The Bertz CT molecular complexity index is 1150. The topological polar surface area (TPSA) is 77.8 Å². The summed E-state index contributed by atoms with van der Waals surface area (Å²) in [5.41, 5.74) is 2.64. The zero-order valence-corrected chi connectivity index (χ0v) is 17.6. The zero-order chi connectivity index (χ0) is 21.4. The Balaban J connectivity index is 1.93. The minimum absolute atomic E-state index is 0.0271. The molecular weight excluding hydrogens is 446 g/mol. The number of halogens is 1. The summed E-state index contributed by atoms with van der Waals surface area (Å²) in [5.74, 6) is -1.66. The SMILES string of the molecule is Cc1ccc(C(O)=C2C(=O)C(=O)N(c3ccc(O)cc3)[C@@H]2c2ccc(Br)cc2)cc1. The van der Waals surface area contributed by atoms with Gasteiger partial charge < -0.3 is 10.2 Å². The summed E-state index contributed by atoms with van der Waals surface area (Å²) in [5, 5.41) is 20.6. The van der Waals surface area contributed by atoms with E-state index in [0.717, 1.165) is 10.0 Å². The summed E-state index contributed by atoms with van der Waals surface area (Å²) >= 11 is 3.40. The van der Waals surface area contributed by atoms with Crippen molar-refractivity contribution in [3.8, 4) is 5.75 Å². The molecule has 0 saturated carbocycles. The second-order valence-corrected chi connectivity index (χ2v) is 8.02. The molecule has 3 aromatic carbocycles. The van der Waals surface area contributed by atoms with E-state index in [4.69, 9.17) is 0 Å². The second-order valence-electron chi connectivity index (χ2n) is 7.10. The first-order chi connectivity index (χ1) is 14.4. The van der Waals surface area contributed by atoms with Crippen LogP contribution in [0.25, 0.3) is 5.76 Å². The fraction of sp³-hybridized carbons (Fsp3) is 0.0833. The van der Waals surface area contributed by atoms with Crippen molar-refractivity contribution in [3.63, 3.8) is 0 Å². The number of aliphatic hydroxyl groups excluding tert-OH is 1. The van der Waals surface area contributed by atoms with Gasteiger partial charge in [-0.25, -0.2) is 0 Å². The largest absolute Gasteiger partial charge is 0.508 e. The van der Waals surface area contributed by atoms with Gasteiger partial charge in [-0.1, -0.05) is 57.9 Å². The summed E-state index contributed by atoms with van der Waals surface area (Å²) in [6, 6.07) is 19.6. The van der Waals surface area contributed by atoms with Crippen molar-refractivity contribution < 1.29 is 19.8 Å². The molecule has 0 radical (unpaired) electrons. The Hall–Kier alpha value is -3.38. The molecule has 0 bridgehead atoms. The van der Waals surface area contributed by atoms with Gasteiger partial charge in [-0.15, -0.1) is 0 Å². The predicted molar refractivity (Wildman–Crippen MR) is 118 cm³/mol. The lowest BCUT2D eigenvalue weighted by atomic mass is 9.95. The van der Waals surface area contributed by atoms with Gasteiger partial charge in [0.15, 0.2) is 0 Å². The Morgan fingerprint density at radius 1 is 0.900 bits per heavy atom. The highest BCUT2D eigenvalue weighted by molar-refractivity contribution is 9.10. The Kier molecular flexibility index (Phi) is 5.18. The Labute approximate surface area is 182 Å². The number of hydrogen-bond acceptors (Lipinski definition) is 4. The molecular formula is C24H18BrNO4. The average molecular weight is 464 g/mol. The minimum Gasteiger partial charge on any atom is -0.508 e. The molecule has 4 rings (SSSR count). The van der Waals surface area contributed by atoms with Crippen LogP contribution in [0.5, 0.6) is 5.75 Å². The van der Waals surface area contributed by atoms with Gasteiger partial charge in [0.1, 0.15) is 11.5 Å². The van der Waals surface area contributed by atoms with Gasteiger partial charge in [0.05, 0.1) is 11.6 Å². The highest BCUT2D eigenvalue weighted by Crippen LogP contribution is 2.42. The standard InChI is InChI=1S/C24H18BrNO4/c1-14-2-4-16(5-3-14)22(28)20-21(15-6-8-17(25)9-7-15)26(24(30)23(20)29)18-10-12-19(27)13-11-18/h2-13,21,27-28H,1H3/t21-/m1/s1. The van der Waals surface area contributed by atoms with Gasteiger partial charge in [0.25, 0.3) is 11.7 Å². The van der Waals surface area contributed by atoms with Crippen molar-refractivity contribution in [1.82, 2.24) is 0 Å². The number of aliphatic hydroxyl groups is 1. The maximum Gasteiger partial charge on any atom is 0.300 e. The molecule has 1 aliphatic rings. The molecule has 2 N–H and O–H groups in total. The molecule has 0 spiro atoms. The van der Waals surface area contributed by atoms with E-state index in [1.807, 2.05) is 31.2 Å². The molecule has 0 aliphatic carbocycles. The summed E-state index contributed by atoms with van der Waals surface area (Å²) in [4.78, 5) is 27.4. The zero-order valence-electron chi connectivity index (χ0n) is 16.0. The molecule has 6 heteroatoms. The Morgan fingerprint density at radius 2 is 1.50 bits per heavy atom. The summed E-state index contributed by atoms with van der Waals surface area (Å²) in [6.45, 7) is 1.93. The van der Waals surface area contributed by atoms with Crippen LogP contribution in [0.3, 0.4) is 0 Å².